The van der Waals surface area contributed by atoms with Gasteiger partial charge in [0, 0.05) is 48.7 Å². The van der Waals surface area contributed by atoms with Crippen molar-refractivity contribution in [2.75, 3.05) is 0 Å². The lowest BCUT2D eigenvalue weighted by Gasteiger charge is -2.22. The van der Waals surface area contributed by atoms with E-state index in [1.165, 1.54) is 13.2 Å². The lowest BCUT2D eigenvalue weighted by atomic mass is 9.83. The van der Waals surface area contributed by atoms with Gasteiger partial charge in [-0.1, -0.05) is 103 Å². The number of hydrogen-bond donors (Lipinski definition) is 10. The highest BCUT2D eigenvalue weighted by molar-refractivity contribution is 6.24. The molecule has 322 valence electrons. The second-order valence-electron chi connectivity index (χ2n) is 16.6. The largest absolute Gasteiger partial charge is 0.507 e. The van der Waals surface area contributed by atoms with Gasteiger partial charge in [0.25, 0.3) is 0 Å². The Balaban J connectivity index is 1.27. The van der Waals surface area contributed by atoms with Gasteiger partial charge in [0.1, 0.15) is 23.7 Å². The maximum Gasteiger partial charge on any atom is 0.205 e. The van der Waals surface area contributed by atoms with Gasteiger partial charge in [0.05, 0.1) is 5.22 Å². The van der Waals surface area contributed by atoms with E-state index in [2.05, 4.69) is 36.4 Å². The van der Waals surface area contributed by atoms with E-state index in [0.717, 1.165) is 43.8 Å². The predicted octanol–water partition coefficient (Wildman–Crippen LogP) is 10.0. The molecule has 66 heavy (non-hydrogen) atoms. The fraction of sp³-hybridized carbons (Fsp3) is 0.0370. The summed E-state index contributed by atoms with van der Waals surface area (Å²) in [6.07, 6.45) is -0.861. The van der Waals surface area contributed by atoms with Crippen LogP contribution in [0.3, 0.4) is 0 Å². The highest BCUT2D eigenvalue weighted by Gasteiger charge is 2.36. The fourth-order valence-corrected chi connectivity index (χ4v) is 10.2. The number of benzene rings is 9. The first-order valence-corrected chi connectivity index (χ1v) is 20.8. The average molecular weight is 875 g/mol. The standard InChI is InChI=1S/C54H34O12/c1-22-33-38-39-37-32(21-65-53(39)50(63)51(64)54(38)66-52(33)41-40(42(22)55)45(58)48(61)49(62)46(41)59)36(43(56)47(60)44(37)57)35-29-17-9-7-15-27(29)34(28-16-8-10-18-30(28)35)31-20-25(23-11-3-2-4-12-23)19-24-13-5-6-14-26(24)31/h2-21,46,55-64H,1H3. The van der Waals surface area contributed by atoms with Crippen LogP contribution < -0.4 is 15.2 Å². The topological polar surface area (TPSA) is 225 Å². The quantitative estimate of drug-likeness (QED) is 0.0591. The third-order valence-corrected chi connectivity index (χ3v) is 13.2. The van der Waals surface area contributed by atoms with Crippen molar-refractivity contribution in [3.63, 3.8) is 0 Å². The molecular weight excluding hydrogens is 841 g/mol. The Morgan fingerprint density at radius 3 is 1.74 bits per heavy atom. The Morgan fingerprint density at radius 1 is 0.470 bits per heavy atom. The molecule has 12 rings (SSSR count). The van der Waals surface area contributed by atoms with Gasteiger partial charge in [-0.3, -0.25) is 0 Å². The van der Waals surface area contributed by atoms with Crippen molar-refractivity contribution < 1.29 is 60.2 Å². The Bertz CT molecular complexity index is 4090. The molecule has 0 fully saturated rings. The summed E-state index contributed by atoms with van der Waals surface area (Å²) in [6, 6.07) is 37.9. The van der Waals surface area contributed by atoms with Crippen LogP contribution in [0.1, 0.15) is 17.2 Å². The first kappa shape index (κ1) is 38.7. The Morgan fingerprint density at radius 2 is 1.08 bits per heavy atom. The molecule has 0 saturated carbocycles. The monoisotopic (exact) mass is 874 g/mol. The minimum Gasteiger partial charge on any atom is -0.507 e. The summed E-state index contributed by atoms with van der Waals surface area (Å²) in [7, 11) is 0. The van der Waals surface area contributed by atoms with Crippen LogP contribution in [-0.4, -0.2) is 51.1 Å². The fourth-order valence-electron chi connectivity index (χ4n) is 10.2. The molecule has 1 atom stereocenters. The van der Waals surface area contributed by atoms with Crippen molar-refractivity contribution in [3.05, 3.63) is 159 Å². The maximum atomic E-state index is 12.2. The second kappa shape index (κ2) is 13.5. The zero-order valence-corrected chi connectivity index (χ0v) is 34.4. The molecule has 1 unspecified atom stereocenters. The molecule has 0 saturated heterocycles. The zero-order chi connectivity index (χ0) is 45.6. The van der Waals surface area contributed by atoms with Crippen molar-refractivity contribution in [2.45, 2.75) is 13.0 Å². The third-order valence-electron chi connectivity index (χ3n) is 13.2. The van der Waals surface area contributed by atoms with Crippen LogP contribution in [0, 0.1) is 17.4 Å². The number of ether oxygens (including phenoxy) is 1. The van der Waals surface area contributed by atoms with Gasteiger partial charge in [0.15, 0.2) is 40.1 Å². The number of aliphatic hydroxyl groups excluding tert-OH is 4. The Kier molecular flexibility index (Phi) is 7.91. The molecule has 12 nitrogen and oxygen atoms in total. The molecule has 0 radical (unpaired) electrons. The van der Waals surface area contributed by atoms with Crippen LogP contribution in [0.25, 0.3) is 99.7 Å². The van der Waals surface area contributed by atoms with Crippen molar-refractivity contribution in [3.8, 4) is 73.6 Å². The molecule has 10 aromatic rings. The van der Waals surface area contributed by atoms with Crippen molar-refractivity contribution >= 4 is 66.3 Å². The van der Waals surface area contributed by atoms with E-state index in [1.54, 1.807) is 0 Å². The molecule has 0 amide bonds. The molecule has 1 aliphatic carbocycles. The summed E-state index contributed by atoms with van der Waals surface area (Å²) in [5.74, 6) is -8.26. The van der Waals surface area contributed by atoms with Crippen molar-refractivity contribution in [2.24, 2.45) is 0 Å². The van der Waals surface area contributed by atoms with Crippen LogP contribution in [0.2, 0.25) is 0 Å². The maximum absolute atomic E-state index is 12.2. The summed E-state index contributed by atoms with van der Waals surface area (Å²) in [6.45, 7) is 1.42. The van der Waals surface area contributed by atoms with E-state index in [0.29, 0.717) is 16.3 Å². The number of aliphatic hydroxyl groups is 4. The van der Waals surface area contributed by atoms with E-state index in [1.807, 2.05) is 78.9 Å². The van der Waals surface area contributed by atoms with Gasteiger partial charge in [-0.05, 0) is 73.6 Å². The lowest BCUT2D eigenvalue weighted by Crippen LogP contribution is -2.26. The molecule has 9 aromatic carbocycles. The summed E-state index contributed by atoms with van der Waals surface area (Å²) in [4.78, 5) is 0. The summed E-state index contributed by atoms with van der Waals surface area (Å²) >= 11 is 0. The van der Waals surface area contributed by atoms with E-state index >= 15 is 0 Å². The van der Waals surface area contributed by atoms with Crippen LogP contribution >= 0.6 is 0 Å². The smallest absolute Gasteiger partial charge is 0.205 e. The zero-order valence-electron chi connectivity index (χ0n) is 34.4. The number of furan rings is 1. The normalized spacial score (nSPS) is 14.5. The number of aromatic hydroxyl groups is 6. The highest BCUT2D eigenvalue weighted by Crippen LogP contribution is 2.54. The number of aryl methyl sites for hydroxylation is 1. The first-order valence-electron chi connectivity index (χ1n) is 20.8. The summed E-state index contributed by atoms with van der Waals surface area (Å²) in [5, 5.41) is 118. The van der Waals surface area contributed by atoms with Gasteiger partial charge in [-0.25, -0.2) is 0 Å². The van der Waals surface area contributed by atoms with Crippen LogP contribution in [-0.2, 0) is 0 Å². The average Bonchev–Trinajstić information content (AvgIpc) is 3.75. The summed E-state index contributed by atoms with van der Waals surface area (Å²) < 4.78 is 12.3. The number of fused-ring (bicyclic) bond motifs is 11. The number of rotatable bonds is 3. The minimum atomic E-state index is -2.04. The molecule has 1 aromatic heterocycles. The first-order chi connectivity index (χ1) is 31.9. The lowest BCUT2D eigenvalue weighted by molar-refractivity contribution is 0.137. The minimum absolute atomic E-state index is 0.0158. The van der Waals surface area contributed by atoms with Gasteiger partial charge in [0.2, 0.25) is 17.2 Å². The van der Waals surface area contributed by atoms with Crippen molar-refractivity contribution in [1.82, 2.24) is 0 Å². The summed E-state index contributed by atoms with van der Waals surface area (Å²) in [5.41, 5.74) is 3.28. The Labute approximate surface area is 370 Å². The molecule has 12 heteroatoms. The molecule has 2 heterocycles. The van der Waals surface area contributed by atoms with Gasteiger partial charge in [-0.2, -0.15) is 0 Å². The van der Waals surface area contributed by atoms with Crippen LogP contribution in [0.15, 0.2) is 131 Å². The van der Waals surface area contributed by atoms with Crippen LogP contribution in [0.5, 0.6) is 40.2 Å². The number of hydrogen-bond acceptors (Lipinski definition) is 12. The number of phenolic OH excluding ortho intramolecular Hbond substituents is 6. The van der Waals surface area contributed by atoms with Crippen LogP contribution in [0.4, 0.5) is 0 Å². The van der Waals surface area contributed by atoms with Gasteiger partial charge < -0.3 is 60.2 Å². The van der Waals surface area contributed by atoms with E-state index in [4.69, 9.17) is 9.15 Å². The van der Waals surface area contributed by atoms with Crippen molar-refractivity contribution in [1.29, 1.82) is 0 Å². The van der Waals surface area contributed by atoms with Gasteiger partial charge in [-0.15, -0.1) is 0 Å². The molecule has 2 aliphatic rings. The van der Waals surface area contributed by atoms with E-state index < -0.39 is 74.4 Å². The predicted molar refractivity (Wildman–Crippen MR) is 249 cm³/mol. The SMILES string of the molecule is Cc1c(O)c2c(c3oc4c(O)c(O)c5c(c4c13)=c1c(O)c(O)c(O)c(-c3c4ccccc4c(-c4cc(-c6ccccc6)cc6ccccc46)c4ccccc34)c1=CO5)C(O)C(O)=C(O)C=2O. The molecular formula is C54H34O12. The number of phenols is 6. The van der Waals surface area contributed by atoms with E-state index in [9.17, 15) is 51.1 Å². The Hall–Kier alpha value is -9.00. The van der Waals surface area contributed by atoms with E-state index in [-0.39, 0.29) is 48.7 Å². The molecule has 10 N–H and O–H groups in total. The second-order valence-corrected chi connectivity index (χ2v) is 16.6. The third kappa shape index (κ3) is 4.90. The molecule has 0 bridgehead atoms. The molecule has 1 aliphatic heterocycles. The van der Waals surface area contributed by atoms with Gasteiger partial charge >= 0.3 is 0 Å². The highest BCUT2D eigenvalue weighted by atomic mass is 16.5. The molecule has 0 spiro atoms.